The quantitative estimate of drug-likeness (QED) is 0.428. The van der Waals surface area contributed by atoms with Crippen LogP contribution in [-0.4, -0.2) is 50.5 Å². The molecule has 0 aliphatic heterocycles. The fourth-order valence-electron chi connectivity index (χ4n) is 3.42. The third-order valence-electron chi connectivity index (χ3n) is 5.31. The maximum atomic E-state index is 13.2. The van der Waals surface area contributed by atoms with Crippen LogP contribution in [0.4, 0.5) is 5.69 Å². The number of rotatable bonds is 12. The minimum Gasteiger partial charge on any atom is -0.354 e. The van der Waals surface area contributed by atoms with E-state index in [9.17, 15) is 18.0 Å². The lowest BCUT2D eigenvalue weighted by molar-refractivity contribution is -0.140. The number of benzene rings is 2. The van der Waals surface area contributed by atoms with Crippen molar-refractivity contribution in [1.29, 1.82) is 0 Å². The molecule has 34 heavy (non-hydrogen) atoms. The summed E-state index contributed by atoms with van der Waals surface area (Å²) >= 11 is 3.41. The molecule has 0 radical (unpaired) electrons. The Morgan fingerprint density at radius 1 is 1.00 bits per heavy atom. The molecule has 1 atom stereocenters. The van der Waals surface area contributed by atoms with E-state index in [1.54, 1.807) is 36.1 Å². The van der Waals surface area contributed by atoms with Crippen LogP contribution in [0.3, 0.4) is 0 Å². The predicted molar refractivity (Wildman–Crippen MR) is 140 cm³/mol. The van der Waals surface area contributed by atoms with E-state index >= 15 is 0 Å². The van der Waals surface area contributed by atoms with Crippen molar-refractivity contribution in [3.05, 3.63) is 64.6 Å². The van der Waals surface area contributed by atoms with Crippen molar-refractivity contribution < 1.29 is 18.0 Å². The van der Waals surface area contributed by atoms with E-state index in [4.69, 9.17) is 0 Å². The van der Waals surface area contributed by atoms with E-state index < -0.39 is 16.1 Å². The maximum Gasteiger partial charge on any atom is 0.242 e. The number of anilines is 1. The van der Waals surface area contributed by atoms with Crippen LogP contribution in [0.2, 0.25) is 0 Å². The zero-order valence-corrected chi connectivity index (χ0v) is 22.6. The average molecular weight is 553 g/mol. The number of sulfonamides is 1. The van der Waals surface area contributed by atoms with Gasteiger partial charge in [0.2, 0.25) is 21.8 Å². The van der Waals surface area contributed by atoms with Gasteiger partial charge in [0, 0.05) is 30.5 Å². The molecule has 2 aromatic rings. The average Bonchev–Trinajstić information content (AvgIpc) is 2.79. The highest BCUT2D eigenvalue weighted by Crippen LogP contribution is 2.19. The SMILES string of the molecule is CC(C)CNC(=O)[C@@H](C)N(Cc1ccc(Br)cc1)C(=O)CCCN(c1ccccc1)S(C)(=O)=O. The molecule has 0 aromatic heterocycles. The first-order valence-electron chi connectivity index (χ1n) is 11.3. The molecule has 2 rings (SSSR count). The summed E-state index contributed by atoms with van der Waals surface area (Å²) in [4.78, 5) is 27.5. The summed E-state index contributed by atoms with van der Waals surface area (Å²) in [6.45, 7) is 6.74. The molecule has 1 N–H and O–H groups in total. The van der Waals surface area contributed by atoms with E-state index in [0.29, 0.717) is 24.6 Å². The first-order chi connectivity index (χ1) is 16.0. The molecule has 0 spiro atoms. The lowest BCUT2D eigenvalue weighted by atomic mass is 10.1. The van der Waals surface area contributed by atoms with Gasteiger partial charge >= 0.3 is 0 Å². The van der Waals surface area contributed by atoms with Crippen LogP contribution in [0.25, 0.3) is 0 Å². The van der Waals surface area contributed by atoms with Gasteiger partial charge in [0.25, 0.3) is 0 Å². The predicted octanol–water partition coefficient (Wildman–Crippen LogP) is 4.18. The van der Waals surface area contributed by atoms with Crippen LogP contribution >= 0.6 is 15.9 Å². The first kappa shape index (κ1) is 27.9. The van der Waals surface area contributed by atoms with Gasteiger partial charge in [-0.05, 0) is 49.1 Å². The van der Waals surface area contributed by atoms with E-state index in [2.05, 4.69) is 21.2 Å². The highest BCUT2D eigenvalue weighted by atomic mass is 79.9. The third kappa shape index (κ3) is 8.76. The third-order valence-corrected chi connectivity index (χ3v) is 7.04. The fourth-order valence-corrected chi connectivity index (χ4v) is 4.65. The van der Waals surface area contributed by atoms with Crippen LogP contribution in [0.15, 0.2) is 59.1 Å². The molecule has 0 saturated heterocycles. The molecule has 186 valence electrons. The van der Waals surface area contributed by atoms with Crippen LogP contribution in [-0.2, 0) is 26.2 Å². The van der Waals surface area contributed by atoms with Gasteiger partial charge in [-0.15, -0.1) is 0 Å². The van der Waals surface area contributed by atoms with E-state index in [1.165, 1.54) is 4.31 Å². The van der Waals surface area contributed by atoms with Gasteiger partial charge in [-0.3, -0.25) is 13.9 Å². The molecule has 0 heterocycles. The number of amides is 2. The summed E-state index contributed by atoms with van der Waals surface area (Å²) in [7, 11) is -3.49. The zero-order chi connectivity index (χ0) is 25.3. The Balaban J connectivity index is 2.13. The Morgan fingerprint density at radius 3 is 2.18 bits per heavy atom. The Hall–Kier alpha value is -2.39. The standard InChI is InChI=1S/C25H34BrN3O4S/c1-19(2)17-27-25(31)20(3)28(18-21-12-14-22(26)15-13-21)24(30)11-8-16-29(34(4,32)33)23-9-6-5-7-10-23/h5-7,9-10,12-15,19-20H,8,11,16-18H2,1-4H3,(H,27,31)/t20-/m1/s1. The van der Waals surface area contributed by atoms with Crippen LogP contribution in [0, 0.1) is 5.92 Å². The maximum absolute atomic E-state index is 13.2. The lowest BCUT2D eigenvalue weighted by Crippen LogP contribution is -2.48. The zero-order valence-electron chi connectivity index (χ0n) is 20.2. The van der Waals surface area contributed by atoms with Crippen LogP contribution in [0.5, 0.6) is 0 Å². The van der Waals surface area contributed by atoms with Crippen LogP contribution < -0.4 is 9.62 Å². The second-order valence-electron chi connectivity index (χ2n) is 8.74. The minimum absolute atomic E-state index is 0.122. The summed E-state index contributed by atoms with van der Waals surface area (Å²) in [5, 5.41) is 2.90. The van der Waals surface area contributed by atoms with Gasteiger partial charge < -0.3 is 10.2 Å². The molecular weight excluding hydrogens is 518 g/mol. The van der Waals surface area contributed by atoms with Crippen molar-refractivity contribution in [3.63, 3.8) is 0 Å². The van der Waals surface area contributed by atoms with E-state index in [-0.39, 0.29) is 31.3 Å². The van der Waals surface area contributed by atoms with Crippen molar-refractivity contribution in [3.8, 4) is 0 Å². The highest BCUT2D eigenvalue weighted by Gasteiger charge is 2.26. The highest BCUT2D eigenvalue weighted by molar-refractivity contribution is 9.10. The molecular formula is C25H34BrN3O4S. The molecule has 7 nitrogen and oxygen atoms in total. The van der Waals surface area contributed by atoms with Gasteiger partial charge in [0.15, 0.2) is 0 Å². The second kappa shape index (κ2) is 12.9. The Bertz CT molecular complexity index is 1040. The van der Waals surface area contributed by atoms with Gasteiger partial charge in [0.05, 0.1) is 11.9 Å². The second-order valence-corrected chi connectivity index (χ2v) is 11.6. The van der Waals surface area contributed by atoms with Crippen molar-refractivity contribution in [2.75, 3.05) is 23.7 Å². The van der Waals surface area contributed by atoms with Crippen molar-refractivity contribution in [2.24, 2.45) is 5.92 Å². The Morgan fingerprint density at radius 2 is 1.62 bits per heavy atom. The molecule has 0 aliphatic rings. The molecule has 0 bridgehead atoms. The molecule has 0 aliphatic carbocycles. The molecule has 2 amide bonds. The molecule has 0 unspecified atom stereocenters. The van der Waals surface area contributed by atoms with Gasteiger partial charge in [0.1, 0.15) is 6.04 Å². The normalized spacial score (nSPS) is 12.3. The van der Waals surface area contributed by atoms with Gasteiger partial charge in [-0.1, -0.05) is 60.1 Å². The molecule has 9 heteroatoms. The first-order valence-corrected chi connectivity index (χ1v) is 14.0. The smallest absolute Gasteiger partial charge is 0.242 e. The van der Waals surface area contributed by atoms with Gasteiger partial charge in [-0.2, -0.15) is 0 Å². The summed E-state index contributed by atoms with van der Waals surface area (Å²) in [5.41, 5.74) is 1.47. The number of halogens is 1. The van der Waals surface area contributed by atoms with Crippen molar-refractivity contribution >= 4 is 43.5 Å². The lowest BCUT2D eigenvalue weighted by Gasteiger charge is -2.29. The Kier molecular flexibility index (Phi) is 10.6. The van der Waals surface area contributed by atoms with E-state index in [1.807, 2.05) is 44.2 Å². The van der Waals surface area contributed by atoms with Crippen LogP contribution in [0.1, 0.15) is 39.2 Å². The fraction of sp³-hybridized carbons (Fsp3) is 0.440. The largest absolute Gasteiger partial charge is 0.354 e. The molecule has 0 fully saturated rings. The number of hydrogen-bond acceptors (Lipinski definition) is 4. The van der Waals surface area contributed by atoms with Crippen molar-refractivity contribution in [1.82, 2.24) is 10.2 Å². The van der Waals surface area contributed by atoms with E-state index in [0.717, 1.165) is 16.3 Å². The summed E-state index contributed by atoms with van der Waals surface area (Å²) in [5.74, 6) is -0.107. The number of carbonyl (C=O) groups excluding carboxylic acids is 2. The summed E-state index contributed by atoms with van der Waals surface area (Å²) < 4.78 is 26.8. The molecule has 2 aromatic carbocycles. The number of nitrogens with zero attached hydrogens (tertiary/aromatic N) is 2. The monoisotopic (exact) mass is 551 g/mol. The summed E-state index contributed by atoms with van der Waals surface area (Å²) in [6.07, 6.45) is 1.61. The number of carbonyl (C=O) groups is 2. The Labute approximate surface area is 211 Å². The van der Waals surface area contributed by atoms with Crippen molar-refractivity contribution in [2.45, 2.75) is 46.2 Å². The summed E-state index contributed by atoms with van der Waals surface area (Å²) in [6, 6.07) is 15.8. The van der Waals surface area contributed by atoms with Gasteiger partial charge in [-0.25, -0.2) is 8.42 Å². The number of nitrogens with one attached hydrogen (secondary N) is 1. The molecule has 0 saturated carbocycles. The topological polar surface area (TPSA) is 86.8 Å². The number of para-hydroxylation sites is 1. The number of hydrogen-bond donors (Lipinski definition) is 1. The minimum atomic E-state index is -3.49.